The number of hydrogen-bond acceptors (Lipinski definition) is 4. The molecule has 0 amide bonds. The Balaban J connectivity index is 1.53. The van der Waals surface area contributed by atoms with Crippen LogP contribution in [0.3, 0.4) is 0 Å². The van der Waals surface area contributed by atoms with Crippen molar-refractivity contribution in [1.29, 1.82) is 0 Å². The van der Waals surface area contributed by atoms with Crippen LogP contribution in [0, 0.1) is 12.7 Å². The summed E-state index contributed by atoms with van der Waals surface area (Å²) in [5.41, 5.74) is 2.35. The van der Waals surface area contributed by atoms with Crippen LogP contribution in [0.2, 0.25) is 0 Å². The van der Waals surface area contributed by atoms with Crippen molar-refractivity contribution >= 4 is 0 Å². The summed E-state index contributed by atoms with van der Waals surface area (Å²) in [5.74, 6) is -0.422. The Bertz CT molecular complexity index is 995. The highest BCUT2D eigenvalue weighted by atomic mass is 19.4. The van der Waals surface area contributed by atoms with Crippen molar-refractivity contribution in [3.8, 4) is 11.4 Å². The molecule has 0 saturated carbocycles. The zero-order chi connectivity index (χ0) is 19.9. The van der Waals surface area contributed by atoms with Crippen LogP contribution in [-0.2, 0) is 25.8 Å². The van der Waals surface area contributed by atoms with Crippen LogP contribution in [0.4, 0.5) is 17.6 Å². The van der Waals surface area contributed by atoms with Crippen molar-refractivity contribution in [3.05, 3.63) is 65.0 Å². The Morgan fingerprint density at radius 2 is 1.89 bits per heavy atom. The fraction of sp³-hybridized carbons (Fsp3) is 0.316. The second kappa shape index (κ2) is 6.97. The number of fused-ring (bicyclic) bond motifs is 1. The van der Waals surface area contributed by atoms with Gasteiger partial charge in [-0.15, -0.1) is 0 Å². The molecule has 3 aromatic heterocycles. The fourth-order valence-electron chi connectivity index (χ4n) is 3.36. The molecule has 28 heavy (non-hydrogen) atoms. The molecule has 0 spiro atoms. The van der Waals surface area contributed by atoms with Gasteiger partial charge in [0.15, 0.2) is 5.82 Å². The van der Waals surface area contributed by atoms with Crippen LogP contribution in [0.5, 0.6) is 0 Å². The van der Waals surface area contributed by atoms with Crippen LogP contribution in [0.1, 0.15) is 22.5 Å². The van der Waals surface area contributed by atoms with Crippen molar-refractivity contribution in [2.45, 2.75) is 32.7 Å². The van der Waals surface area contributed by atoms with E-state index >= 15 is 0 Å². The van der Waals surface area contributed by atoms with Crippen LogP contribution in [-0.4, -0.2) is 31.2 Å². The van der Waals surface area contributed by atoms with Crippen LogP contribution in [0.15, 0.2) is 36.7 Å². The molecule has 3 aromatic rings. The van der Waals surface area contributed by atoms with E-state index in [9.17, 15) is 17.6 Å². The van der Waals surface area contributed by atoms with Crippen LogP contribution < -0.4 is 0 Å². The van der Waals surface area contributed by atoms with Gasteiger partial charge in [0.1, 0.15) is 17.1 Å². The van der Waals surface area contributed by atoms with Crippen molar-refractivity contribution in [2.24, 2.45) is 0 Å². The Morgan fingerprint density at radius 3 is 2.57 bits per heavy atom. The second-order valence-electron chi connectivity index (χ2n) is 6.74. The maximum Gasteiger partial charge on any atom is 0.433 e. The number of aromatic nitrogens is 4. The predicted molar refractivity (Wildman–Crippen MR) is 93.5 cm³/mol. The zero-order valence-corrected chi connectivity index (χ0v) is 15.0. The van der Waals surface area contributed by atoms with Gasteiger partial charge in [0, 0.05) is 37.6 Å². The van der Waals surface area contributed by atoms with E-state index in [0.717, 1.165) is 17.3 Å². The summed E-state index contributed by atoms with van der Waals surface area (Å²) in [7, 11) is 0. The highest BCUT2D eigenvalue weighted by Crippen LogP contribution is 2.29. The van der Waals surface area contributed by atoms with Gasteiger partial charge >= 0.3 is 6.18 Å². The average Bonchev–Trinajstić information content (AvgIpc) is 2.98. The molecule has 0 fully saturated rings. The quantitative estimate of drug-likeness (QED) is 0.637. The summed E-state index contributed by atoms with van der Waals surface area (Å²) in [6.45, 7) is 4.21. The van der Waals surface area contributed by atoms with Crippen LogP contribution >= 0.6 is 0 Å². The smallest absolute Gasteiger partial charge is 0.291 e. The van der Waals surface area contributed by atoms with Gasteiger partial charge in [-0.25, -0.2) is 4.39 Å². The molecular weight excluding hydrogens is 374 g/mol. The Kier molecular flexibility index (Phi) is 4.62. The van der Waals surface area contributed by atoms with E-state index in [-0.39, 0.29) is 5.69 Å². The summed E-state index contributed by atoms with van der Waals surface area (Å²) >= 11 is 0. The van der Waals surface area contributed by atoms with Crippen molar-refractivity contribution in [1.82, 2.24) is 24.6 Å². The summed E-state index contributed by atoms with van der Waals surface area (Å²) in [6, 6.07) is 5.33. The third kappa shape index (κ3) is 3.49. The summed E-state index contributed by atoms with van der Waals surface area (Å²) < 4.78 is 53.9. The van der Waals surface area contributed by atoms with Gasteiger partial charge in [0.05, 0.1) is 12.2 Å². The maximum atomic E-state index is 14.1. The van der Waals surface area contributed by atoms with E-state index in [0.29, 0.717) is 37.4 Å². The molecule has 0 radical (unpaired) electrons. The molecule has 5 nitrogen and oxygen atoms in total. The minimum absolute atomic E-state index is 0.223. The molecule has 146 valence electrons. The lowest BCUT2D eigenvalue weighted by Crippen LogP contribution is -2.33. The Hall–Kier alpha value is -2.81. The highest BCUT2D eigenvalue weighted by molar-refractivity contribution is 5.60. The zero-order valence-electron chi connectivity index (χ0n) is 15.0. The van der Waals surface area contributed by atoms with Gasteiger partial charge in [-0.3, -0.25) is 19.5 Å². The molecule has 0 aliphatic carbocycles. The molecule has 4 rings (SSSR count). The monoisotopic (exact) mass is 391 g/mol. The van der Waals surface area contributed by atoms with Gasteiger partial charge in [0.2, 0.25) is 0 Å². The van der Waals surface area contributed by atoms with Gasteiger partial charge in [0.25, 0.3) is 0 Å². The second-order valence-corrected chi connectivity index (χ2v) is 6.74. The standard InChI is InChI=1S/C19H17F4N5/c1-12-15-11-27(10-13-4-5-16(25-9-13)19(21,22)23)7-8-28(15)26-17(12)18-14(20)3-2-6-24-18/h2-6,9H,7-8,10-11H2,1H3. The van der Waals surface area contributed by atoms with E-state index < -0.39 is 17.7 Å². The number of pyridine rings is 2. The first-order valence-corrected chi connectivity index (χ1v) is 8.74. The van der Waals surface area contributed by atoms with Gasteiger partial charge in [-0.1, -0.05) is 6.07 Å². The van der Waals surface area contributed by atoms with Crippen LogP contribution in [0.25, 0.3) is 11.4 Å². The molecule has 9 heteroatoms. The lowest BCUT2D eigenvalue weighted by atomic mass is 10.1. The molecular formula is C19H17F4N5. The first kappa shape index (κ1) is 18.5. The van der Waals surface area contributed by atoms with Gasteiger partial charge in [-0.2, -0.15) is 18.3 Å². The molecule has 0 unspecified atom stereocenters. The first-order valence-electron chi connectivity index (χ1n) is 8.74. The largest absolute Gasteiger partial charge is 0.433 e. The topological polar surface area (TPSA) is 46.8 Å². The minimum atomic E-state index is -4.44. The van der Waals surface area contributed by atoms with E-state index in [2.05, 4.69) is 20.0 Å². The van der Waals surface area contributed by atoms with Crippen molar-refractivity contribution in [3.63, 3.8) is 0 Å². The van der Waals surface area contributed by atoms with E-state index in [1.165, 1.54) is 30.6 Å². The summed E-state index contributed by atoms with van der Waals surface area (Å²) in [5, 5.41) is 4.51. The van der Waals surface area contributed by atoms with Gasteiger partial charge < -0.3 is 0 Å². The third-order valence-corrected chi connectivity index (χ3v) is 4.83. The van der Waals surface area contributed by atoms with Crippen molar-refractivity contribution < 1.29 is 17.6 Å². The fourth-order valence-corrected chi connectivity index (χ4v) is 3.36. The lowest BCUT2D eigenvalue weighted by molar-refractivity contribution is -0.141. The first-order chi connectivity index (χ1) is 13.3. The molecule has 0 bridgehead atoms. The Labute approximate surface area is 158 Å². The summed E-state index contributed by atoms with van der Waals surface area (Å²) in [6.07, 6.45) is -1.65. The molecule has 1 aliphatic rings. The van der Waals surface area contributed by atoms with Crippen molar-refractivity contribution in [2.75, 3.05) is 6.54 Å². The predicted octanol–water partition coefficient (Wildman–Crippen LogP) is 3.82. The number of rotatable bonds is 3. The molecule has 0 atom stereocenters. The molecule has 0 saturated heterocycles. The normalized spacial score (nSPS) is 14.9. The highest BCUT2D eigenvalue weighted by Gasteiger charge is 2.32. The maximum absolute atomic E-state index is 14.1. The molecule has 0 aromatic carbocycles. The number of hydrogen-bond donors (Lipinski definition) is 0. The van der Waals surface area contributed by atoms with Gasteiger partial charge in [-0.05, 0) is 30.7 Å². The number of alkyl halides is 3. The molecule has 0 N–H and O–H groups in total. The third-order valence-electron chi connectivity index (χ3n) is 4.83. The SMILES string of the molecule is Cc1c(-c2ncccc2F)nn2c1CN(Cc1ccc(C(F)(F)F)nc1)CC2. The number of nitrogens with zero attached hydrogens (tertiary/aromatic N) is 5. The summed E-state index contributed by atoms with van der Waals surface area (Å²) in [4.78, 5) is 9.72. The molecule has 4 heterocycles. The minimum Gasteiger partial charge on any atom is -0.291 e. The number of halogens is 4. The lowest BCUT2D eigenvalue weighted by Gasteiger charge is -2.28. The van der Waals surface area contributed by atoms with E-state index in [4.69, 9.17) is 0 Å². The Morgan fingerprint density at radius 1 is 1.07 bits per heavy atom. The van der Waals surface area contributed by atoms with E-state index in [1.807, 2.05) is 11.6 Å². The molecule has 1 aliphatic heterocycles. The van der Waals surface area contributed by atoms with E-state index in [1.54, 1.807) is 0 Å². The average molecular weight is 391 g/mol.